The Labute approximate surface area is 158 Å². The third-order valence-electron chi connectivity index (χ3n) is 4.40. The molecule has 0 spiro atoms. The van der Waals surface area contributed by atoms with Crippen LogP contribution in [0.15, 0.2) is 53.7 Å². The summed E-state index contributed by atoms with van der Waals surface area (Å²) in [4.78, 5) is 2.21. The first-order valence-corrected chi connectivity index (χ1v) is 9.85. The van der Waals surface area contributed by atoms with Crippen LogP contribution in [0.3, 0.4) is 0 Å². The highest BCUT2D eigenvalue weighted by Crippen LogP contribution is 2.33. The number of ether oxygens (including phenoxy) is 1. The van der Waals surface area contributed by atoms with E-state index in [0.29, 0.717) is 6.61 Å². The SMILES string of the molecule is CCOc1ccc(N2CCn3c(SCc4cccc(C)c4)nnc32)cc1. The molecule has 26 heavy (non-hydrogen) atoms. The van der Waals surface area contributed by atoms with Crippen LogP contribution in [0, 0.1) is 6.92 Å². The molecule has 2 heterocycles. The lowest BCUT2D eigenvalue weighted by Crippen LogP contribution is -2.14. The van der Waals surface area contributed by atoms with Gasteiger partial charge in [-0.2, -0.15) is 0 Å². The predicted molar refractivity (Wildman–Crippen MR) is 105 cm³/mol. The standard InChI is InChI=1S/C20H22N4OS/c1-3-25-18-9-7-17(8-10-18)23-11-12-24-19(23)21-22-20(24)26-14-16-6-4-5-15(2)13-16/h4-10,13H,3,11-12,14H2,1-2H3. The summed E-state index contributed by atoms with van der Waals surface area (Å²) in [7, 11) is 0. The molecule has 3 aromatic rings. The molecule has 1 aromatic heterocycles. The Morgan fingerprint density at radius 3 is 2.69 bits per heavy atom. The van der Waals surface area contributed by atoms with Gasteiger partial charge in [0.15, 0.2) is 5.16 Å². The van der Waals surface area contributed by atoms with Crippen molar-refractivity contribution in [2.75, 3.05) is 18.1 Å². The minimum atomic E-state index is 0.679. The third kappa shape index (κ3) is 3.42. The van der Waals surface area contributed by atoms with Crippen molar-refractivity contribution in [3.05, 3.63) is 59.7 Å². The summed E-state index contributed by atoms with van der Waals surface area (Å²) in [6, 6.07) is 16.8. The molecule has 4 rings (SSSR count). The molecule has 0 N–H and O–H groups in total. The maximum atomic E-state index is 5.52. The molecule has 0 saturated heterocycles. The van der Waals surface area contributed by atoms with Crippen LogP contribution in [-0.2, 0) is 12.3 Å². The monoisotopic (exact) mass is 366 g/mol. The lowest BCUT2D eigenvalue weighted by Gasteiger charge is -2.15. The molecule has 0 saturated carbocycles. The van der Waals surface area contributed by atoms with Gasteiger partial charge in [-0.1, -0.05) is 41.6 Å². The summed E-state index contributed by atoms with van der Waals surface area (Å²) in [5.41, 5.74) is 3.72. The minimum Gasteiger partial charge on any atom is -0.494 e. The number of thioether (sulfide) groups is 1. The number of aryl methyl sites for hydroxylation is 1. The summed E-state index contributed by atoms with van der Waals surface area (Å²) in [6.07, 6.45) is 0. The van der Waals surface area contributed by atoms with Crippen LogP contribution in [0.2, 0.25) is 0 Å². The van der Waals surface area contributed by atoms with Crippen molar-refractivity contribution in [2.24, 2.45) is 0 Å². The second kappa shape index (κ2) is 7.41. The smallest absolute Gasteiger partial charge is 0.232 e. The zero-order chi connectivity index (χ0) is 17.9. The van der Waals surface area contributed by atoms with Gasteiger partial charge >= 0.3 is 0 Å². The van der Waals surface area contributed by atoms with Crippen molar-refractivity contribution in [1.82, 2.24) is 14.8 Å². The molecular weight excluding hydrogens is 344 g/mol. The second-order valence-electron chi connectivity index (χ2n) is 6.29. The Hall–Kier alpha value is -2.47. The van der Waals surface area contributed by atoms with Gasteiger partial charge in [-0.05, 0) is 43.7 Å². The van der Waals surface area contributed by atoms with Crippen LogP contribution in [0.5, 0.6) is 5.75 Å². The van der Waals surface area contributed by atoms with E-state index >= 15 is 0 Å². The highest BCUT2D eigenvalue weighted by molar-refractivity contribution is 7.98. The predicted octanol–water partition coefficient (Wildman–Crippen LogP) is 4.43. The van der Waals surface area contributed by atoms with E-state index in [1.165, 1.54) is 11.1 Å². The van der Waals surface area contributed by atoms with Gasteiger partial charge in [0.25, 0.3) is 0 Å². The van der Waals surface area contributed by atoms with E-state index in [9.17, 15) is 0 Å². The molecule has 0 atom stereocenters. The first-order valence-electron chi connectivity index (χ1n) is 8.86. The highest BCUT2D eigenvalue weighted by Gasteiger charge is 2.26. The lowest BCUT2D eigenvalue weighted by atomic mass is 10.2. The second-order valence-corrected chi connectivity index (χ2v) is 7.23. The van der Waals surface area contributed by atoms with E-state index in [-0.39, 0.29) is 0 Å². The molecule has 0 radical (unpaired) electrons. The number of fused-ring (bicyclic) bond motifs is 1. The van der Waals surface area contributed by atoms with Gasteiger partial charge in [-0.15, -0.1) is 10.2 Å². The zero-order valence-corrected chi connectivity index (χ0v) is 15.9. The van der Waals surface area contributed by atoms with E-state index in [1.54, 1.807) is 11.8 Å². The fourth-order valence-corrected chi connectivity index (χ4v) is 4.07. The van der Waals surface area contributed by atoms with Crippen LogP contribution >= 0.6 is 11.8 Å². The molecule has 1 aliphatic heterocycles. The molecule has 1 aliphatic rings. The Morgan fingerprint density at radius 2 is 1.92 bits per heavy atom. The van der Waals surface area contributed by atoms with Crippen LogP contribution in [0.4, 0.5) is 11.6 Å². The Bertz CT molecular complexity index is 891. The summed E-state index contributed by atoms with van der Waals surface area (Å²) in [5.74, 6) is 2.72. The third-order valence-corrected chi connectivity index (χ3v) is 5.43. The number of benzene rings is 2. The van der Waals surface area contributed by atoms with Crippen LogP contribution in [-0.4, -0.2) is 27.9 Å². The molecule has 0 amide bonds. The van der Waals surface area contributed by atoms with Gasteiger partial charge < -0.3 is 9.64 Å². The number of hydrogen-bond acceptors (Lipinski definition) is 5. The van der Waals surface area contributed by atoms with Crippen LogP contribution in [0.25, 0.3) is 0 Å². The number of rotatable bonds is 6. The van der Waals surface area contributed by atoms with Gasteiger partial charge in [-0.25, -0.2) is 0 Å². The van der Waals surface area contributed by atoms with E-state index in [2.05, 4.69) is 63.0 Å². The van der Waals surface area contributed by atoms with E-state index in [1.807, 2.05) is 19.1 Å². The van der Waals surface area contributed by atoms with Crippen molar-refractivity contribution in [2.45, 2.75) is 31.3 Å². The van der Waals surface area contributed by atoms with E-state index in [0.717, 1.165) is 41.4 Å². The molecule has 6 heteroatoms. The molecule has 0 unspecified atom stereocenters. The molecular formula is C20H22N4OS. The fourth-order valence-electron chi connectivity index (χ4n) is 3.17. The normalized spacial score (nSPS) is 13.1. The molecule has 0 bridgehead atoms. The van der Waals surface area contributed by atoms with Crippen molar-refractivity contribution in [3.8, 4) is 5.75 Å². The average Bonchev–Trinajstić information content (AvgIpc) is 3.23. The van der Waals surface area contributed by atoms with Crippen molar-refractivity contribution < 1.29 is 4.74 Å². The maximum Gasteiger partial charge on any atom is 0.232 e. The lowest BCUT2D eigenvalue weighted by molar-refractivity contribution is 0.340. The average molecular weight is 366 g/mol. The Balaban J connectivity index is 1.48. The Morgan fingerprint density at radius 1 is 1.08 bits per heavy atom. The summed E-state index contributed by atoms with van der Waals surface area (Å²) < 4.78 is 7.73. The molecule has 134 valence electrons. The number of anilines is 2. The molecule has 2 aromatic carbocycles. The van der Waals surface area contributed by atoms with Crippen molar-refractivity contribution >= 4 is 23.4 Å². The van der Waals surface area contributed by atoms with Crippen LogP contribution < -0.4 is 9.64 Å². The number of nitrogens with zero attached hydrogens (tertiary/aromatic N) is 4. The van der Waals surface area contributed by atoms with Crippen molar-refractivity contribution in [3.63, 3.8) is 0 Å². The largest absolute Gasteiger partial charge is 0.494 e. The maximum absolute atomic E-state index is 5.52. The summed E-state index contributed by atoms with van der Waals surface area (Å²) >= 11 is 1.74. The Kier molecular flexibility index (Phi) is 4.84. The number of hydrogen-bond donors (Lipinski definition) is 0. The van der Waals surface area contributed by atoms with Gasteiger partial charge in [0.2, 0.25) is 5.95 Å². The van der Waals surface area contributed by atoms with Gasteiger partial charge in [0.05, 0.1) is 6.61 Å². The molecule has 5 nitrogen and oxygen atoms in total. The first kappa shape index (κ1) is 17.0. The molecule has 0 aliphatic carbocycles. The van der Waals surface area contributed by atoms with Crippen molar-refractivity contribution in [1.29, 1.82) is 0 Å². The topological polar surface area (TPSA) is 43.2 Å². The number of aromatic nitrogens is 3. The zero-order valence-electron chi connectivity index (χ0n) is 15.1. The quantitative estimate of drug-likeness (QED) is 0.604. The van der Waals surface area contributed by atoms with Gasteiger partial charge in [0.1, 0.15) is 5.75 Å². The minimum absolute atomic E-state index is 0.679. The molecule has 0 fully saturated rings. The fraction of sp³-hybridized carbons (Fsp3) is 0.300. The van der Waals surface area contributed by atoms with Gasteiger partial charge in [-0.3, -0.25) is 4.57 Å². The van der Waals surface area contributed by atoms with Gasteiger partial charge in [0, 0.05) is 24.5 Å². The van der Waals surface area contributed by atoms with E-state index < -0.39 is 0 Å². The first-order chi connectivity index (χ1) is 12.7. The van der Waals surface area contributed by atoms with E-state index in [4.69, 9.17) is 4.74 Å². The summed E-state index contributed by atoms with van der Waals surface area (Å²) in [5, 5.41) is 9.82. The summed E-state index contributed by atoms with van der Waals surface area (Å²) in [6.45, 7) is 6.62. The highest BCUT2D eigenvalue weighted by atomic mass is 32.2. The van der Waals surface area contributed by atoms with Crippen LogP contribution in [0.1, 0.15) is 18.1 Å².